The van der Waals surface area contributed by atoms with Crippen LogP contribution in [0, 0.1) is 17.0 Å². The number of nitro benzene ring substituents is 1. The van der Waals surface area contributed by atoms with Gasteiger partial charge in [0.2, 0.25) is 10.0 Å². The summed E-state index contributed by atoms with van der Waals surface area (Å²) in [6, 6.07) is 22.5. The number of non-ortho nitro benzene ring substituents is 1. The van der Waals surface area contributed by atoms with Crippen LogP contribution in [0.15, 0.2) is 83.8 Å². The van der Waals surface area contributed by atoms with Gasteiger partial charge in [-0.1, -0.05) is 66.7 Å². The van der Waals surface area contributed by atoms with Crippen LogP contribution >= 0.6 is 0 Å². The maximum atomic E-state index is 13.4. The van der Waals surface area contributed by atoms with E-state index in [1.165, 1.54) is 16.4 Å². The van der Waals surface area contributed by atoms with Gasteiger partial charge in [-0.25, -0.2) is 8.42 Å². The van der Waals surface area contributed by atoms with Gasteiger partial charge in [-0.2, -0.15) is 4.31 Å². The molecule has 0 N–H and O–H groups in total. The number of hydrogen-bond acceptors (Lipinski definition) is 4. The lowest BCUT2D eigenvalue weighted by Gasteiger charge is -2.23. The number of aryl methyl sites for hydroxylation is 1. The van der Waals surface area contributed by atoms with Crippen LogP contribution in [0.25, 0.3) is 0 Å². The van der Waals surface area contributed by atoms with Crippen LogP contribution in [-0.4, -0.2) is 17.6 Å². The highest BCUT2D eigenvalue weighted by Crippen LogP contribution is 2.27. The van der Waals surface area contributed by atoms with Crippen molar-refractivity contribution in [2.45, 2.75) is 24.9 Å². The average molecular weight is 396 g/mol. The molecule has 3 rings (SSSR count). The minimum atomic E-state index is -3.96. The molecular formula is C21H20N2O4S. The lowest BCUT2D eigenvalue weighted by atomic mass is 10.2. The van der Waals surface area contributed by atoms with Gasteiger partial charge in [0.15, 0.2) is 0 Å². The number of benzene rings is 3. The predicted molar refractivity (Wildman–Crippen MR) is 107 cm³/mol. The standard InChI is InChI=1S/C21H20N2O4S/c1-17-12-13-20(23(24)25)14-21(17)28(26,27)22(15-18-8-4-2-5-9-18)16-19-10-6-3-7-11-19/h2-14H,15-16H2,1H3. The third-order valence-corrected chi connectivity index (χ3v) is 6.34. The number of nitro groups is 1. The van der Waals surface area contributed by atoms with Crippen molar-refractivity contribution in [1.29, 1.82) is 0 Å². The first-order valence-electron chi connectivity index (χ1n) is 8.71. The highest BCUT2D eigenvalue weighted by molar-refractivity contribution is 7.89. The molecule has 7 heteroatoms. The molecule has 0 bridgehead atoms. The molecule has 28 heavy (non-hydrogen) atoms. The summed E-state index contributed by atoms with van der Waals surface area (Å²) in [5.74, 6) is 0. The number of rotatable bonds is 7. The van der Waals surface area contributed by atoms with E-state index in [2.05, 4.69) is 0 Å². The van der Waals surface area contributed by atoms with E-state index in [1.54, 1.807) is 6.92 Å². The fraction of sp³-hybridized carbons (Fsp3) is 0.143. The molecule has 0 aliphatic rings. The maximum Gasteiger partial charge on any atom is 0.270 e. The Kier molecular flexibility index (Phi) is 5.87. The summed E-state index contributed by atoms with van der Waals surface area (Å²) in [5, 5.41) is 11.1. The zero-order chi connectivity index (χ0) is 20.1. The molecule has 0 atom stereocenters. The molecule has 3 aromatic rings. The normalized spacial score (nSPS) is 11.5. The zero-order valence-corrected chi connectivity index (χ0v) is 16.2. The molecule has 0 radical (unpaired) electrons. The second kappa shape index (κ2) is 8.33. The number of hydrogen-bond donors (Lipinski definition) is 0. The van der Waals surface area contributed by atoms with E-state index in [0.717, 1.165) is 17.2 Å². The summed E-state index contributed by atoms with van der Waals surface area (Å²) in [5.41, 5.74) is 1.90. The van der Waals surface area contributed by atoms with Gasteiger partial charge in [0.05, 0.1) is 9.82 Å². The summed E-state index contributed by atoms with van der Waals surface area (Å²) in [6.07, 6.45) is 0. The van der Waals surface area contributed by atoms with Crippen molar-refractivity contribution in [3.8, 4) is 0 Å². The van der Waals surface area contributed by atoms with Crippen molar-refractivity contribution in [1.82, 2.24) is 4.31 Å². The number of sulfonamides is 1. The smallest absolute Gasteiger partial charge is 0.258 e. The summed E-state index contributed by atoms with van der Waals surface area (Å²) in [4.78, 5) is 10.5. The number of nitrogens with zero attached hydrogens (tertiary/aromatic N) is 2. The Balaban J connectivity index is 2.05. The van der Waals surface area contributed by atoms with E-state index >= 15 is 0 Å². The topological polar surface area (TPSA) is 80.5 Å². The van der Waals surface area contributed by atoms with Crippen molar-refractivity contribution in [3.05, 3.63) is 106 Å². The fourth-order valence-corrected chi connectivity index (χ4v) is 4.58. The van der Waals surface area contributed by atoms with Crippen LogP contribution < -0.4 is 0 Å². The van der Waals surface area contributed by atoms with Gasteiger partial charge >= 0.3 is 0 Å². The summed E-state index contributed by atoms with van der Waals surface area (Å²) in [6.45, 7) is 1.97. The molecule has 6 nitrogen and oxygen atoms in total. The molecule has 0 saturated carbocycles. The lowest BCUT2D eigenvalue weighted by Crippen LogP contribution is -2.30. The Bertz CT molecular complexity index is 1030. The van der Waals surface area contributed by atoms with Gasteiger partial charge in [0.25, 0.3) is 5.69 Å². The van der Waals surface area contributed by atoms with E-state index in [-0.39, 0.29) is 23.7 Å². The Morgan fingerprint density at radius 2 is 1.36 bits per heavy atom. The van der Waals surface area contributed by atoms with Gasteiger partial charge < -0.3 is 0 Å². The predicted octanol–water partition coefficient (Wildman–Crippen LogP) is 4.29. The van der Waals surface area contributed by atoms with Crippen molar-refractivity contribution in [3.63, 3.8) is 0 Å². The second-order valence-electron chi connectivity index (χ2n) is 6.45. The van der Waals surface area contributed by atoms with E-state index in [0.29, 0.717) is 5.56 Å². The maximum absolute atomic E-state index is 13.4. The van der Waals surface area contributed by atoms with E-state index in [4.69, 9.17) is 0 Å². The van der Waals surface area contributed by atoms with Gasteiger partial charge in [-0.05, 0) is 23.6 Å². The minimum absolute atomic E-state index is 0.0476. The average Bonchev–Trinajstić information content (AvgIpc) is 2.69. The molecule has 0 spiro atoms. The van der Waals surface area contributed by atoms with Crippen molar-refractivity contribution in [2.24, 2.45) is 0 Å². The largest absolute Gasteiger partial charge is 0.270 e. The monoisotopic (exact) mass is 396 g/mol. The first-order chi connectivity index (χ1) is 13.4. The van der Waals surface area contributed by atoms with Gasteiger partial charge in [-0.15, -0.1) is 0 Å². The molecular weight excluding hydrogens is 376 g/mol. The molecule has 0 amide bonds. The van der Waals surface area contributed by atoms with Gasteiger partial charge in [0, 0.05) is 25.2 Å². The minimum Gasteiger partial charge on any atom is -0.258 e. The lowest BCUT2D eigenvalue weighted by molar-refractivity contribution is -0.385. The summed E-state index contributed by atoms with van der Waals surface area (Å²) < 4.78 is 28.2. The second-order valence-corrected chi connectivity index (χ2v) is 8.36. The molecule has 0 saturated heterocycles. The van der Waals surface area contributed by atoms with Crippen molar-refractivity contribution < 1.29 is 13.3 Å². The van der Waals surface area contributed by atoms with Crippen molar-refractivity contribution in [2.75, 3.05) is 0 Å². The Labute approximate surface area is 164 Å². The molecule has 0 aromatic heterocycles. The summed E-state index contributed by atoms with van der Waals surface area (Å²) >= 11 is 0. The Morgan fingerprint density at radius 3 is 1.82 bits per heavy atom. The Hall–Kier alpha value is -3.03. The van der Waals surface area contributed by atoms with Crippen molar-refractivity contribution >= 4 is 15.7 Å². The quantitative estimate of drug-likeness (QED) is 0.441. The molecule has 3 aromatic carbocycles. The summed E-state index contributed by atoms with van der Waals surface area (Å²) in [7, 11) is -3.96. The van der Waals surface area contributed by atoms with Crippen LogP contribution in [0.4, 0.5) is 5.69 Å². The molecule has 0 unspecified atom stereocenters. The van der Waals surface area contributed by atoms with Crippen LogP contribution in [0.2, 0.25) is 0 Å². The van der Waals surface area contributed by atoms with Gasteiger partial charge in [0.1, 0.15) is 0 Å². The zero-order valence-electron chi connectivity index (χ0n) is 15.4. The Morgan fingerprint density at radius 1 is 0.857 bits per heavy atom. The third kappa shape index (κ3) is 4.44. The van der Waals surface area contributed by atoms with Crippen LogP contribution in [0.3, 0.4) is 0 Å². The molecule has 0 heterocycles. The van der Waals surface area contributed by atoms with E-state index in [9.17, 15) is 18.5 Å². The molecule has 0 aliphatic heterocycles. The first kappa shape index (κ1) is 19.7. The third-order valence-electron chi connectivity index (χ3n) is 4.40. The van der Waals surface area contributed by atoms with Crippen LogP contribution in [0.1, 0.15) is 16.7 Å². The SMILES string of the molecule is Cc1ccc([N+](=O)[O-])cc1S(=O)(=O)N(Cc1ccccc1)Cc1ccccc1. The van der Waals surface area contributed by atoms with E-state index < -0.39 is 14.9 Å². The van der Waals surface area contributed by atoms with E-state index in [1.807, 2.05) is 60.7 Å². The van der Waals surface area contributed by atoms with Crippen LogP contribution in [-0.2, 0) is 23.1 Å². The molecule has 144 valence electrons. The molecule has 0 fully saturated rings. The highest BCUT2D eigenvalue weighted by atomic mass is 32.2. The van der Waals surface area contributed by atoms with Gasteiger partial charge in [-0.3, -0.25) is 10.1 Å². The first-order valence-corrected chi connectivity index (χ1v) is 10.1. The highest BCUT2D eigenvalue weighted by Gasteiger charge is 2.28. The van der Waals surface area contributed by atoms with Crippen LogP contribution in [0.5, 0.6) is 0 Å². The molecule has 0 aliphatic carbocycles. The fourth-order valence-electron chi connectivity index (χ4n) is 2.92.